The quantitative estimate of drug-likeness (QED) is 0.928. The SMILES string of the molecule is NC(=O)c1nccnc1N1CCC(Oc2ccccc2Cl)CC1. The molecule has 1 aliphatic heterocycles. The number of hydrogen-bond acceptors (Lipinski definition) is 5. The molecule has 0 radical (unpaired) electrons. The largest absolute Gasteiger partial charge is 0.489 e. The number of ether oxygens (including phenoxy) is 1. The minimum Gasteiger partial charge on any atom is -0.489 e. The first-order valence-electron chi connectivity index (χ1n) is 7.42. The van der Waals surface area contributed by atoms with Gasteiger partial charge in [-0.25, -0.2) is 9.97 Å². The van der Waals surface area contributed by atoms with Gasteiger partial charge in [-0.15, -0.1) is 0 Å². The molecule has 3 rings (SSSR count). The molecule has 23 heavy (non-hydrogen) atoms. The topological polar surface area (TPSA) is 81.3 Å². The number of para-hydroxylation sites is 1. The number of carbonyl (C=O) groups excluding carboxylic acids is 1. The first-order valence-corrected chi connectivity index (χ1v) is 7.80. The Morgan fingerprint density at radius 2 is 1.91 bits per heavy atom. The van der Waals surface area contributed by atoms with E-state index in [1.165, 1.54) is 6.20 Å². The van der Waals surface area contributed by atoms with Gasteiger partial charge >= 0.3 is 0 Å². The van der Waals surface area contributed by atoms with E-state index >= 15 is 0 Å². The highest BCUT2D eigenvalue weighted by Gasteiger charge is 2.25. The molecular formula is C16H17ClN4O2. The van der Waals surface area contributed by atoms with Gasteiger partial charge in [0.05, 0.1) is 5.02 Å². The smallest absolute Gasteiger partial charge is 0.271 e. The highest BCUT2D eigenvalue weighted by Crippen LogP contribution is 2.28. The molecular weight excluding hydrogens is 316 g/mol. The average molecular weight is 333 g/mol. The third-order valence-corrected chi connectivity index (χ3v) is 4.10. The molecule has 0 aliphatic carbocycles. The lowest BCUT2D eigenvalue weighted by atomic mass is 10.1. The Kier molecular flexibility index (Phi) is 4.62. The van der Waals surface area contributed by atoms with E-state index in [0.29, 0.717) is 29.7 Å². The summed E-state index contributed by atoms with van der Waals surface area (Å²) >= 11 is 6.12. The summed E-state index contributed by atoms with van der Waals surface area (Å²) in [7, 11) is 0. The number of anilines is 1. The number of piperidine rings is 1. The summed E-state index contributed by atoms with van der Waals surface area (Å²) in [5.74, 6) is 0.670. The van der Waals surface area contributed by atoms with Gasteiger partial charge in [0.2, 0.25) is 0 Å². The van der Waals surface area contributed by atoms with Gasteiger partial charge in [0.1, 0.15) is 11.9 Å². The highest BCUT2D eigenvalue weighted by molar-refractivity contribution is 6.32. The number of hydrogen-bond donors (Lipinski definition) is 1. The summed E-state index contributed by atoms with van der Waals surface area (Å²) in [5.41, 5.74) is 5.57. The van der Waals surface area contributed by atoms with Crippen molar-refractivity contribution in [3.63, 3.8) is 0 Å². The van der Waals surface area contributed by atoms with E-state index in [1.54, 1.807) is 6.20 Å². The van der Waals surface area contributed by atoms with Crippen LogP contribution in [0.1, 0.15) is 23.3 Å². The number of aromatic nitrogens is 2. The molecule has 0 bridgehead atoms. The Morgan fingerprint density at radius 3 is 2.61 bits per heavy atom. The van der Waals surface area contributed by atoms with Gasteiger partial charge in [0.15, 0.2) is 11.5 Å². The zero-order valence-electron chi connectivity index (χ0n) is 12.5. The number of nitrogens with two attached hydrogens (primary N) is 1. The van der Waals surface area contributed by atoms with Crippen LogP contribution in [0.5, 0.6) is 5.75 Å². The molecule has 6 nitrogen and oxygen atoms in total. The Hall–Kier alpha value is -2.34. The number of halogens is 1. The maximum Gasteiger partial charge on any atom is 0.271 e. The average Bonchev–Trinajstić information content (AvgIpc) is 2.58. The fourth-order valence-electron chi connectivity index (χ4n) is 2.64. The lowest BCUT2D eigenvalue weighted by Gasteiger charge is -2.33. The molecule has 1 aromatic heterocycles. The van der Waals surface area contributed by atoms with E-state index in [9.17, 15) is 4.79 Å². The van der Waals surface area contributed by atoms with Crippen LogP contribution in [0, 0.1) is 0 Å². The molecule has 7 heteroatoms. The summed E-state index contributed by atoms with van der Waals surface area (Å²) in [6.45, 7) is 1.43. The van der Waals surface area contributed by atoms with Gasteiger partial charge in [-0.3, -0.25) is 4.79 Å². The molecule has 0 unspecified atom stereocenters. The second-order valence-corrected chi connectivity index (χ2v) is 5.73. The third-order valence-electron chi connectivity index (χ3n) is 3.78. The molecule has 1 aliphatic rings. The van der Waals surface area contributed by atoms with Gasteiger partial charge in [-0.1, -0.05) is 23.7 Å². The first-order chi connectivity index (χ1) is 11.1. The van der Waals surface area contributed by atoms with Crippen molar-refractivity contribution >= 4 is 23.3 Å². The number of carbonyl (C=O) groups is 1. The van der Waals surface area contributed by atoms with E-state index in [0.717, 1.165) is 12.8 Å². The Morgan fingerprint density at radius 1 is 1.22 bits per heavy atom. The van der Waals surface area contributed by atoms with E-state index in [-0.39, 0.29) is 11.8 Å². The molecule has 2 heterocycles. The monoisotopic (exact) mass is 332 g/mol. The van der Waals surface area contributed by atoms with Crippen LogP contribution in [0.25, 0.3) is 0 Å². The predicted octanol–water partition coefficient (Wildman–Crippen LogP) is 2.28. The fourth-order valence-corrected chi connectivity index (χ4v) is 2.82. The summed E-state index contributed by atoms with van der Waals surface area (Å²) in [6, 6.07) is 7.44. The Bertz CT molecular complexity index is 702. The van der Waals surface area contributed by atoms with Crippen LogP contribution < -0.4 is 15.4 Å². The number of benzene rings is 1. The van der Waals surface area contributed by atoms with Crippen LogP contribution >= 0.6 is 11.6 Å². The minimum atomic E-state index is -0.567. The van der Waals surface area contributed by atoms with Crippen molar-refractivity contribution in [2.75, 3.05) is 18.0 Å². The number of nitrogens with zero attached hydrogens (tertiary/aromatic N) is 3. The van der Waals surface area contributed by atoms with Crippen LogP contribution in [0.2, 0.25) is 5.02 Å². The number of rotatable bonds is 4. The van der Waals surface area contributed by atoms with E-state index in [2.05, 4.69) is 9.97 Å². The Labute approximate surface area is 139 Å². The van der Waals surface area contributed by atoms with Gasteiger partial charge in [0, 0.05) is 38.3 Å². The molecule has 2 N–H and O–H groups in total. The van der Waals surface area contributed by atoms with Gasteiger partial charge in [-0.2, -0.15) is 0 Å². The maximum absolute atomic E-state index is 11.5. The van der Waals surface area contributed by atoms with E-state index in [1.807, 2.05) is 29.2 Å². The summed E-state index contributed by atoms with van der Waals surface area (Å²) in [4.78, 5) is 21.7. The molecule has 1 fully saturated rings. The second-order valence-electron chi connectivity index (χ2n) is 5.33. The van der Waals surface area contributed by atoms with Crippen molar-refractivity contribution in [1.82, 2.24) is 9.97 Å². The van der Waals surface area contributed by atoms with Crippen molar-refractivity contribution in [2.24, 2.45) is 5.73 Å². The normalized spacial score (nSPS) is 15.4. The maximum atomic E-state index is 11.5. The second kappa shape index (κ2) is 6.83. The van der Waals surface area contributed by atoms with Crippen LogP contribution in [-0.4, -0.2) is 35.1 Å². The predicted molar refractivity (Wildman–Crippen MR) is 87.9 cm³/mol. The van der Waals surface area contributed by atoms with Crippen molar-refractivity contribution in [3.8, 4) is 5.75 Å². The number of amides is 1. The van der Waals surface area contributed by atoms with Crippen molar-refractivity contribution < 1.29 is 9.53 Å². The Balaban J connectivity index is 1.65. The molecule has 0 saturated carbocycles. The van der Waals surface area contributed by atoms with Gasteiger partial charge in [-0.05, 0) is 12.1 Å². The molecule has 1 aromatic carbocycles. The van der Waals surface area contributed by atoms with Crippen LogP contribution in [0.15, 0.2) is 36.7 Å². The van der Waals surface area contributed by atoms with Crippen molar-refractivity contribution in [1.29, 1.82) is 0 Å². The zero-order valence-corrected chi connectivity index (χ0v) is 13.2. The molecule has 0 atom stereocenters. The van der Waals surface area contributed by atoms with Crippen molar-refractivity contribution in [2.45, 2.75) is 18.9 Å². The van der Waals surface area contributed by atoms with Crippen LogP contribution in [-0.2, 0) is 0 Å². The van der Waals surface area contributed by atoms with Crippen LogP contribution in [0.4, 0.5) is 5.82 Å². The molecule has 1 amide bonds. The summed E-state index contributed by atoms with van der Waals surface area (Å²) < 4.78 is 5.96. The molecule has 1 saturated heterocycles. The van der Waals surface area contributed by atoms with Gasteiger partial charge in [0.25, 0.3) is 5.91 Å². The fraction of sp³-hybridized carbons (Fsp3) is 0.312. The van der Waals surface area contributed by atoms with Gasteiger partial charge < -0.3 is 15.4 Å². The molecule has 0 spiro atoms. The summed E-state index contributed by atoms with van der Waals surface area (Å²) in [5, 5.41) is 0.611. The lowest BCUT2D eigenvalue weighted by molar-refractivity contribution is 0.0995. The number of primary amides is 1. The zero-order chi connectivity index (χ0) is 16.2. The van der Waals surface area contributed by atoms with Crippen molar-refractivity contribution in [3.05, 3.63) is 47.4 Å². The first kappa shape index (κ1) is 15.6. The standard InChI is InChI=1S/C16H17ClN4O2/c17-12-3-1-2-4-13(12)23-11-5-9-21(10-6-11)16-14(15(18)22)19-7-8-20-16/h1-4,7-8,11H,5-6,9-10H2,(H2,18,22). The third kappa shape index (κ3) is 3.53. The highest BCUT2D eigenvalue weighted by atomic mass is 35.5. The van der Waals surface area contributed by atoms with E-state index in [4.69, 9.17) is 22.1 Å². The lowest BCUT2D eigenvalue weighted by Crippen LogP contribution is -2.40. The van der Waals surface area contributed by atoms with Crippen LogP contribution in [0.3, 0.4) is 0 Å². The summed E-state index contributed by atoms with van der Waals surface area (Å²) in [6.07, 6.45) is 4.73. The van der Waals surface area contributed by atoms with E-state index < -0.39 is 5.91 Å². The molecule has 2 aromatic rings. The molecule has 120 valence electrons. The minimum absolute atomic E-state index is 0.0832.